The van der Waals surface area contributed by atoms with Crippen molar-refractivity contribution < 1.29 is 24.0 Å². The van der Waals surface area contributed by atoms with E-state index in [4.69, 9.17) is 9.52 Å². The molecule has 2 aromatic rings. The SMILES string of the molecule is O=C(O)c1csc(CCNC(=O)c2ccc([N+](=O)[O-])o2)n1. The summed E-state index contributed by atoms with van der Waals surface area (Å²) < 4.78 is 4.74. The number of carbonyl (C=O) groups excluding carboxylic acids is 1. The van der Waals surface area contributed by atoms with E-state index in [1.54, 1.807) is 0 Å². The lowest BCUT2D eigenvalue weighted by atomic mass is 10.4. The van der Waals surface area contributed by atoms with Crippen LogP contribution in [-0.4, -0.2) is 33.4 Å². The van der Waals surface area contributed by atoms with E-state index in [0.29, 0.717) is 11.4 Å². The summed E-state index contributed by atoms with van der Waals surface area (Å²) >= 11 is 1.18. The fourth-order valence-corrected chi connectivity index (χ4v) is 2.21. The minimum absolute atomic E-state index is 0.0389. The number of furan rings is 1. The Labute approximate surface area is 121 Å². The van der Waals surface area contributed by atoms with Gasteiger partial charge in [0.2, 0.25) is 0 Å². The van der Waals surface area contributed by atoms with Crippen LogP contribution in [0.4, 0.5) is 5.88 Å². The highest BCUT2D eigenvalue weighted by Gasteiger charge is 2.17. The largest absolute Gasteiger partial charge is 0.476 e. The van der Waals surface area contributed by atoms with Gasteiger partial charge in [0.25, 0.3) is 5.91 Å². The maximum Gasteiger partial charge on any atom is 0.433 e. The van der Waals surface area contributed by atoms with E-state index in [9.17, 15) is 19.7 Å². The minimum atomic E-state index is -1.11. The van der Waals surface area contributed by atoms with E-state index in [2.05, 4.69) is 10.3 Å². The van der Waals surface area contributed by atoms with E-state index in [-0.39, 0.29) is 18.0 Å². The Balaban J connectivity index is 1.85. The maximum atomic E-state index is 11.6. The minimum Gasteiger partial charge on any atom is -0.476 e. The highest BCUT2D eigenvalue weighted by molar-refractivity contribution is 7.09. The van der Waals surface area contributed by atoms with Crippen LogP contribution in [0, 0.1) is 10.1 Å². The van der Waals surface area contributed by atoms with Gasteiger partial charge in [0, 0.05) is 18.3 Å². The molecule has 0 bridgehead atoms. The van der Waals surface area contributed by atoms with Gasteiger partial charge in [-0.2, -0.15) is 0 Å². The highest BCUT2D eigenvalue weighted by atomic mass is 32.1. The van der Waals surface area contributed by atoms with Crippen LogP contribution in [-0.2, 0) is 6.42 Å². The van der Waals surface area contributed by atoms with Crippen molar-refractivity contribution in [2.24, 2.45) is 0 Å². The van der Waals surface area contributed by atoms with E-state index >= 15 is 0 Å². The summed E-state index contributed by atoms with van der Waals surface area (Å²) in [5.41, 5.74) is -0.0389. The van der Waals surface area contributed by atoms with Crippen molar-refractivity contribution in [3.63, 3.8) is 0 Å². The molecular weight excluding hydrogens is 302 g/mol. The van der Waals surface area contributed by atoms with Crippen molar-refractivity contribution in [1.82, 2.24) is 10.3 Å². The van der Waals surface area contributed by atoms with Crippen LogP contribution in [0.5, 0.6) is 0 Å². The lowest BCUT2D eigenvalue weighted by Crippen LogP contribution is -2.25. The monoisotopic (exact) mass is 311 g/mol. The number of carboxylic acids is 1. The molecule has 2 rings (SSSR count). The first-order valence-electron chi connectivity index (χ1n) is 5.67. The first-order chi connectivity index (χ1) is 9.97. The smallest absolute Gasteiger partial charge is 0.433 e. The van der Waals surface area contributed by atoms with Crippen LogP contribution >= 0.6 is 11.3 Å². The fourth-order valence-electron chi connectivity index (χ4n) is 1.44. The van der Waals surface area contributed by atoms with E-state index in [1.807, 2.05) is 0 Å². The summed E-state index contributed by atoms with van der Waals surface area (Å²) in [6, 6.07) is 2.30. The summed E-state index contributed by atoms with van der Waals surface area (Å²) in [6.45, 7) is 0.208. The van der Waals surface area contributed by atoms with Crippen LogP contribution in [0.25, 0.3) is 0 Å². The first kappa shape index (κ1) is 14.7. The van der Waals surface area contributed by atoms with Gasteiger partial charge in [0.05, 0.1) is 11.1 Å². The molecule has 2 aromatic heterocycles. The number of carbonyl (C=O) groups is 2. The maximum absolute atomic E-state index is 11.6. The van der Waals surface area contributed by atoms with Gasteiger partial charge in [0.1, 0.15) is 4.92 Å². The molecule has 110 valence electrons. The van der Waals surface area contributed by atoms with Crippen LogP contribution in [0.1, 0.15) is 26.1 Å². The second-order valence-electron chi connectivity index (χ2n) is 3.83. The molecule has 2 heterocycles. The number of nitrogens with zero attached hydrogens (tertiary/aromatic N) is 2. The molecule has 0 unspecified atom stereocenters. The van der Waals surface area contributed by atoms with Gasteiger partial charge >= 0.3 is 11.9 Å². The standard InChI is InChI=1S/C11H9N3O6S/c15-10(7-1-2-9(20-7)14(18)19)12-4-3-8-13-6(5-21-8)11(16)17/h1-2,5H,3-4H2,(H,12,15)(H,16,17). The molecule has 0 fully saturated rings. The molecule has 0 saturated carbocycles. The Morgan fingerprint density at radius 2 is 2.24 bits per heavy atom. The van der Waals surface area contributed by atoms with Crippen molar-refractivity contribution in [3.05, 3.63) is 44.1 Å². The Kier molecular flexibility index (Phi) is 4.28. The first-order valence-corrected chi connectivity index (χ1v) is 6.55. The molecule has 0 radical (unpaired) electrons. The lowest BCUT2D eigenvalue weighted by Gasteiger charge is -2.00. The van der Waals surface area contributed by atoms with Crippen molar-refractivity contribution in [1.29, 1.82) is 0 Å². The number of nitro groups is 1. The zero-order valence-corrected chi connectivity index (χ0v) is 11.3. The van der Waals surface area contributed by atoms with Gasteiger partial charge < -0.3 is 14.8 Å². The van der Waals surface area contributed by atoms with Gasteiger partial charge in [-0.25, -0.2) is 9.78 Å². The fraction of sp³-hybridized carbons (Fsp3) is 0.182. The molecule has 0 aliphatic rings. The number of hydrogen-bond acceptors (Lipinski definition) is 7. The van der Waals surface area contributed by atoms with E-state index in [0.717, 1.165) is 6.07 Å². The van der Waals surface area contributed by atoms with Gasteiger partial charge in [-0.1, -0.05) is 0 Å². The molecule has 0 atom stereocenters. The number of rotatable bonds is 6. The molecule has 0 aliphatic carbocycles. The summed E-state index contributed by atoms with van der Waals surface area (Å²) in [7, 11) is 0. The molecule has 0 saturated heterocycles. The summed E-state index contributed by atoms with van der Waals surface area (Å²) in [5, 5.41) is 23.6. The Bertz CT molecular complexity index is 692. The highest BCUT2D eigenvalue weighted by Crippen LogP contribution is 2.15. The van der Waals surface area contributed by atoms with Crippen molar-refractivity contribution in [3.8, 4) is 0 Å². The van der Waals surface area contributed by atoms with Crippen LogP contribution in [0.3, 0.4) is 0 Å². The molecule has 0 aliphatic heterocycles. The van der Waals surface area contributed by atoms with E-state index < -0.39 is 22.7 Å². The Morgan fingerprint density at radius 1 is 1.48 bits per heavy atom. The number of carboxylic acid groups (broad SMARTS) is 1. The number of thiazole rings is 1. The second kappa shape index (κ2) is 6.13. The molecule has 21 heavy (non-hydrogen) atoms. The number of hydrogen-bond donors (Lipinski definition) is 2. The average molecular weight is 311 g/mol. The van der Waals surface area contributed by atoms with Gasteiger partial charge in [0.15, 0.2) is 11.5 Å². The van der Waals surface area contributed by atoms with E-state index in [1.165, 1.54) is 22.8 Å². The summed E-state index contributed by atoms with van der Waals surface area (Å²) in [5.74, 6) is -2.36. The molecule has 2 N–H and O–H groups in total. The number of amides is 1. The quantitative estimate of drug-likeness (QED) is 0.606. The Morgan fingerprint density at radius 3 is 2.81 bits per heavy atom. The second-order valence-corrected chi connectivity index (χ2v) is 4.78. The molecule has 1 amide bonds. The van der Waals surface area contributed by atoms with Crippen molar-refractivity contribution >= 4 is 29.1 Å². The number of aromatic nitrogens is 1. The predicted molar refractivity (Wildman–Crippen MR) is 70.5 cm³/mol. The average Bonchev–Trinajstić information content (AvgIpc) is 3.07. The van der Waals surface area contributed by atoms with Gasteiger partial charge in [-0.05, 0) is 6.07 Å². The third-order valence-corrected chi connectivity index (χ3v) is 3.30. The third kappa shape index (κ3) is 3.63. The normalized spacial score (nSPS) is 10.3. The zero-order valence-electron chi connectivity index (χ0n) is 10.4. The van der Waals surface area contributed by atoms with Crippen LogP contribution in [0.2, 0.25) is 0 Å². The zero-order chi connectivity index (χ0) is 15.4. The predicted octanol–water partition coefficient (Wildman–Crippen LogP) is 1.31. The third-order valence-electron chi connectivity index (χ3n) is 2.39. The van der Waals surface area contributed by atoms with Gasteiger partial charge in [-0.15, -0.1) is 11.3 Å². The topological polar surface area (TPSA) is 136 Å². The van der Waals surface area contributed by atoms with Crippen LogP contribution < -0.4 is 5.32 Å². The van der Waals surface area contributed by atoms with Gasteiger partial charge in [-0.3, -0.25) is 14.9 Å². The van der Waals surface area contributed by atoms with Crippen LogP contribution in [0.15, 0.2) is 21.9 Å². The van der Waals surface area contributed by atoms with Crippen molar-refractivity contribution in [2.45, 2.75) is 6.42 Å². The molecular formula is C11H9N3O6S. The van der Waals surface area contributed by atoms with Crippen molar-refractivity contribution in [2.75, 3.05) is 6.54 Å². The number of nitrogens with one attached hydrogen (secondary N) is 1. The number of aromatic carboxylic acids is 1. The lowest BCUT2D eigenvalue weighted by molar-refractivity contribution is -0.402. The summed E-state index contributed by atoms with van der Waals surface area (Å²) in [6.07, 6.45) is 0.354. The summed E-state index contributed by atoms with van der Waals surface area (Å²) in [4.78, 5) is 35.8. The molecule has 0 spiro atoms. The molecule has 9 nitrogen and oxygen atoms in total. The Hall–Kier alpha value is -2.75. The molecule has 0 aromatic carbocycles. The molecule has 10 heteroatoms.